The van der Waals surface area contributed by atoms with Gasteiger partial charge in [-0.25, -0.2) is 0 Å². The molecule has 0 unspecified atom stereocenters. The fourth-order valence-corrected chi connectivity index (χ4v) is 0.286. The smallest absolute Gasteiger partial charge is 0.232 e. The quantitative estimate of drug-likeness (QED) is 0.283. The fourth-order valence-electron chi connectivity index (χ4n) is 0.286. The minimum Gasteiger partial charge on any atom is -0.367 e. The zero-order valence-electron chi connectivity index (χ0n) is 4.05. The van der Waals surface area contributed by atoms with E-state index in [4.69, 9.17) is 11.5 Å². The number of nitrogens with zero attached hydrogens (tertiary/aromatic N) is 2. The van der Waals surface area contributed by atoms with Gasteiger partial charge in [-0.3, -0.25) is 10.9 Å². The SMILES string of the molecule is NC1=NN=C(N)NN1. The molecule has 0 aromatic rings. The molecule has 1 heterocycles. The monoisotopic (exact) mass is 114 g/mol. The third-order valence-electron chi connectivity index (χ3n) is 0.584. The maximum Gasteiger partial charge on any atom is 0.232 e. The van der Waals surface area contributed by atoms with Gasteiger partial charge in [0.25, 0.3) is 0 Å². The Morgan fingerprint density at radius 3 is 1.62 bits per heavy atom. The highest BCUT2D eigenvalue weighted by Gasteiger charge is 1.96. The van der Waals surface area contributed by atoms with Crippen LogP contribution in [0.25, 0.3) is 0 Å². The summed E-state index contributed by atoms with van der Waals surface area (Å²) in [6, 6.07) is 0. The van der Waals surface area contributed by atoms with Gasteiger partial charge in [-0.1, -0.05) is 0 Å². The van der Waals surface area contributed by atoms with Crippen molar-refractivity contribution in [3.05, 3.63) is 0 Å². The standard InChI is InChI=1S/C2H6N6/c3-1-5-7-2(4)8-6-1/h(H3,3,5,6)(H3,4,7,8). The molecular weight excluding hydrogens is 108 g/mol. The zero-order chi connectivity index (χ0) is 5.98. The highest BCUT2D eigenvalue weighted by molar-refractivity contribution is 5.87. The number of hydrogen-bond donors (Lipinski definition) is 4. The third-order valence-corrected chi connectivity index (χ3v) is 0.584. The first kappa shape index (κ1) is 4.69. The topological polar surface area (TPSA) is 101 Å². The molecule has 0 aliphatic carbocycles. The molecule has 1 aliphatic heterocycles. The largest absolute Gasteiger partial charge is 0.367 e. The van der Waals surface area contributed by atoms with Gasteiger partial charge >= 0.3 is 0 Å². The minimum atomic E-state index is 0.208. The van der Waals surface area contributed by atoms with Crippen LogP contribution >= 0.6 is 0 Å². The molecule has 0 spiro atoms. The number of hydrazine groups is 1. The molecule has 6 N–H and O–H groups in total. The number of nitrogens with one attached hydrogen (secondary N) is 2. The van der Waals surface area contributed by atoms with Gasteiger partial charge in [-0.2, -0.15) is 0 Å². The van der Waals surface area contributed by atoms with Crippen molar-refractivity contribution in [1.29, 1.82) is 0 Å². The van der Waals surface area contributed by atoms with Gasteiger partial charge < -0.3 is 11.5 Å². The maximum atomic E-state index is 5.11. The van der Waals surface area contributed by atoms with Crippen molar-refractivity contribution >= 4 is 11.9 Å². The van der Waals surface area contributed by atoms with E-state index in [1.165, 1.54) is 0 Å². The molecule has 0 saturated heterocycles. The van der Waals surface area contributed by atoms with Crippen LogP contribution in [0, 0.1) is 0 Å². The van der Waals surface area contributed by atoms with Crippen molar-refractivity contribution in [2.45, 2.75) is 0 Å². The second-order valence-corrected chi connectivity index (χ2v) is 1.22. The third kappa shape index (κ3) is 0.780. The van der Waals surface area contributed by atoms with Gasteiger partial charge in [0, 0.05) is 0 Å². The lowest BCUT2D eigenvalue weighted by Crippen LogP contribution is -2.50. The van der Waals surface area contributed by atoms with Crippen LogP contribution in [0.2, 0.25) is 0 Å². The van der Waals surface area contributed by atoms with Crippen LogP contribution in [0.1, 0.15) is 0 Å². The Kier molecular flexibility index (Phi) is 0.918. The number of nitrogens with two attached hydrogens (primary N) is 2. The first-order chi connectivity index (χ1) is 3.79. The van der Waals surface area contributed by atoms with Crippen molar-refractivity contribution in [3.8, 4) is 0 Å². The summed E-state index contributed by atoms with van der Waals surface area (Å²) < 4.78 is 0. The van der Waals surface area contributed by atoms with Crippen molar-refractivity contribution in [2.24, 2.45) is 21.7 Å². The van der Waals surface area contributed by atoms with Crippen LogP contribution in [-0.2, 0) is 0 Å². The predicted octanol–water partition coefficient (Wildman–Crippen LogP) is -2.36. The summed E-state index contributed by atoms with van der Waals surface area (Å²) >= 11 is 0. The molecule has 6 nitrogen and oxygen atoms in total. The van der Waals surface area contributed by atoms with E-state index in [-0.39, 0.29) is 11.9 Å². The van der Waals surface area contributed by atoms with E-state index >= 15 is 0 Å². The molecule has 0 saturated carbocycles. The molecular formula is C2H6N6. The van der Waals surface area contributed by atoms with Gasteiger partial charge in [0.05, 0.1) is 0 Å². The molecule has 0 amide bonds. The molecule has 0 bridgehead atoms. The van der Waals surface area contributed by atoms with Crippen LogP contribution in [0.5, 0.6) is 0 Å². The van der Waals surface area contributed by atoms with Gasteiger partial charge in [0.2, 0.25) is 11.9 Å². The first-order valence-corrected chi connectivity index (χ1v) is 1.97. The molecule has 0 aromatic heterocycles. The minimum absolute atomic E-state index is 0.208. The van der Waals surface area contributed by atoms with Gasteiger partial charge in [-0.15, -0.1) is 10.2 Å². The lowest BCUT2D eigenvalue weighted by Gasteiger charge is -2.08. The lowest BCUT2D eigenvalue weighted by molar-refractivity contribution is 0.805. The average Bonchev–Trinajstić information content (AvgIpc) is 1.77. The highest BCUT2D eigenvalue weighted by Crippen LogP contribution is 1.72. The van der Waals surface area contributed by atoms with Crippen LogP contribution in [0.4, 0.5) is 0 Å². The summed E-state index contributed by atoms with van der Waals surface area (Å²) in [6.45, 7) is 0. The molecule has 0 atom stereocenters. The van der Waals surface area contributed by atoms with Gasteiger partial charge in [0.1, 0.15) is 0 Å². The summed E-state index contributed by atoms with van der Waals surface area (Å²) in [5, 5.41) is 6.79. The van der Waals surface area contributed by atoms with Crippen molar-refractivity contribution in [3.63, 3.8) is 0 Å². The van der Waals surface area contributed by atoms with E-state index in [0.717, 1.165) is 0 Å². The number of guanidine groups is 2. The van der Waals surface area contributed by atoms with E-state index in [0.29, 0.717) is 0 Å². The summed E-state index contributed by atoms with van der Waals surface area (Å²) in [5.74, 6) is 0.415. The molecule has 8 heavy (non-hydrogen) atoms. The lowest BCUT2D eigenvalue weighted by atomic mass is 11.0. The molecule has 1 aliphatic rings. The fraction of sp³-hybridized carbons (Fsp3) is 0. The normalized spacial score (nSPS) is 17.5. The Labute approximate surface area is 45.6 Å². The Balaban J connectivity index is 2.65. The Hall–Kier alpha value is -1.46. The Bertz CT molecular complexity index is 127. The van der Waals surface area contributed by atoms with Crippen molar-refractivity contribution < 1.29 is 0 Å². The maximum absolute atomic E-state index is 5.11. The van der Waals surface area contributed by atoms with Crippen LogP contribution in [0.15, 0.2) is 10.2 Å². The zero-order valence-corrected chi connectivity index (χ0v) is 4.05. The van der Waals surface area contributed by atoms with E-state index < -0.39 is 0 Å². The summed E-state index contributed by atoms with van der Waals surface area (Å²) in [5.41, 5.74) is 15.1. The second-order valence-electron chi connectivity index (χ2n) is 1.22. The molecule has 0 aromatic carbocycles. The predicted molar refractivity (Wildman–Crippen MR) is 29.5 cm³/mol. The highest BCUT2D eigenvalue weighted by atomic mass is 15.5. The van der Waals surface area contributed by atoms with Crippen LogP contribution in [0.3, 0.4) is 0 Å². The summed E-state index contributed by atoms with van der Waals surface area (Å²) in [4.78, 5) is 0. The Morgan fingerprint density at radius 1 is 1.00 bits per heavy atom. The second kappa shape index (κ2) is 1.57. The first-order valence-electron chi connectivity index (χ1n) is 1.97. The van der Waals surface area contributed by atoms with Crippen molar-refractivity contribution in [2.75, 3.05) is 0 Å². The summed E-state index contributed by atoms with van der Waals surface area (Å²) in [7, 11) is 0. The van der Waals surface area contributed by atoms with E-state index in [1.54, 1.807) is 0 Å². The Morgan fingerprint density at radius 2 is 1.38 bits per heavy atom. The molecule has 44 valence electrons. The van der Waals surface area contributed by atoms with Crippen LogP contribution < -0.4 is 22.3 Å². The molecule has 6 heteroatoms. The molecule has 0 fully saturated rings. The van der Waals surface area contributed by atoms with E-state index in [1.807, 2.05) is 0 Å². The van der Waals surface area contributed by atoms with Gasteiger partial charge in [-0.05, 0) is 0 Å². The summed E-state index contributed by atoms with van der Waals surface area (Å²) in [6.07, 6.45) is 0. The number of rotatable bonds is 0. The van der Waals surface area contributed by atoms with E-state index in [2.05, 4.69) is 21.1 Å². The van der Waals surface area contributed by atoms with Crippen molar-refractivity contribution in [1.82, 2.24) is 10.9 Å². The molecule has 1 rings (SSSR count). The number of hydrogen-bond acceptors (Lipinski definition) is 6. The van der Waals surface area contributed by atoms with Crippen LogP contribution in [-0.4, -0.2) is 11.9 Å². The van der Waals surface area contributed by atoms with E-state index in [9.17, 15) is 0 Å². The average molecular weight is 114 g/mol. The molecule has 0 radical (unpaired) electrons. The van der Waals surface area contributed by atoms with Gasteiger partial charge in [0.15, 0.2) is 0 Å².